The Morgan fingerprint density at radius 1 is 1.30 bits per heavy atom. The molecule has 2 aliphatic rings. The molecule has 0 aromatic heterocycles. The van der Waals surface area contributed by atoms with Crippen LogP contribution in [0, 0.1) is 5.92 Å². The lowest BCUT2D eigenvalue weighted by molar-refractivity contribution is -0.146. The van der Waals surface area contributed by atoms with E-state index in [-0.39, 0.29) is 12.0 Å². The number of methoxy groups -OCH3 is 1. The van der Waals surface area contributed by atoms with Gasteiger partial charge in [-0.05, 0) is 19.8 Å². The van der Waals surface area contributed by atoms with E-state index in [1.165, 1.54) is 7.11 Å². The van der Waals surface area contributed by atoms with E-state index in [1.54, 1.807) is 4.31 Å². The van der Waals surface area contributed by atoms with Crippen molar-refractivity contribution in [1.82, 2.24) is 9.62 Å². The third-order valence-electron chi connectivity index (χ3n) is 4.36. The van der Waals surface area contributed by atoms with Crippen LogP contribution in [0.5, 0.6) is 0 Å². The Hall–Kier alpha value is -0.660. The van der Waals surface area contributed by atoms with E-state index in [1.807, 2.05) is 6.92 Å². The summed E-state index contributed by atoms with van der Waals surface area (Å²) >= 11 is 0. The van der Waals surface area contributed by atoms with Gasteiger partial charge in [0, 0.05) is 25.7 Å². The average molecular weight is 304 g/mol. The lowest BCUT2D eigenvalue weighted by Crippen LogP contribution is -2.56. The van der Waals surface area contributed by atoms with Crippen LogP contribution >= 0.6 is 0 Å². The minimum atomic E-state index is -3.45. The van der Waals surface area contributed by atoms with Crippen LogP contribution in [0.4, 0.5) is 0 Å². The highest BCUT2D eigenvalue weighted by Crippen LogP contribution is 2.33. The van der Waals surface area contributed by atoms with E-state index in [4.69, 9.17) is 4.74 Å². The summed E-state index contributed by atoms with van der Waals surface area (Å²) in [6, 6.07) is -0.0611. The van der Waals surface area contributed by atoms with Gasteiger partial charge in [0.1, 0.15) is 0 Å². The number of ether oxygens (including phenoxy) is 1. The molecule has 1 saturated heterocycles. The second-order valence-corrected chi connectivity index (χ2v) is 7.77. The van der Waals surface area contributed by atoms with Crippen molar-refractivity contribution in [2.75, 3.05) is 26.7 Å². The number of nitrogens with zero attached hydrogens (tertiary/aromatic N) is 1. The minimum Gasteiger partial charge on any atom is -0.469 e. The van der Waals surface area contributed by atoms with Gasteiger partial charge < -0.3 is 10.1 Å². The third kappa shape index (κ3) is 2.99. The Labute approximate surface area is 120 Å². The van der Waals surface area contributed by atoms with Crippen molar-refractivity contribution >= 4 is 16.0 Å². The Kier molecular flexibility index (Phi) is 5.04. The maximum atomic E-state index is 12.9. The quantitative estimate of drug-likeness (QED) is 0.761. The van der Waals surface area contributed by atoms with Crippen LogP contribution in [-0.2, 0) is 19.6 Å². The summed E-state index contributed by atoms with van der Waals surface area (Å²) in [5, 5.41) is 2.57. The molecule has 6 nitrogen and oxygen atoms in total. The second-order valence-electron chi connectivity index (χ2n) is 5.66. The Morgan fingerprint density at radius 2 is 2.00 bits per heavy atom. The maximum Gasteiger partial charge on any atom is 0.310 e. The molecule has 3 atom stereocenters. The number of piperazine rings is 1. The molecule has 0 spiro atoms. The predicted molar refractivity (Wildman–Crippen MR) is 75.7 cm³/mol. The molecule has 0 aromatic carbocycles. The zero-order valence-corrected chi connectivity index (χ0v) is 13.0. The molecule has 0 amide bonds. The van der Waals surface area contributed by atoms with Gasteiger partial charge in [0.15, 0.2) is 0 Å². The molecule has 2 fully saturated rings. The lowest BCUT2D eigenvalue weighted by Gasteiger charge is -2.38. The molecule has 0 aromatic rings. The SMILES string of the molecule is COC(=O)C1CCCCC1S(=O)(=O)N1CCNCC1C. The summed E-state index contributed by atoms with van der Waals surface area (Å²) in [5.41, 5.74) is 0. The summed E-state index contributed by atoms with van der Waals surface area (Å²) in [7, 11) is -2.12. The van der Waals surface area contributed by atoms with Crippen LogP contribution < -0.4 is 5.32 Å². The normalized spacial score (nSPS) is 32.8. The smallest absolute Gasteiger partial charge is 0.310 e. The zero-order chi connectivity index (χ0) is 14.8. The molecule has 2 rings (SSSR count). The second kappa shape index (κ2) is 6.41. The van der Waals surface area contributed by atoms with Crippen molar-refractivity contribution in [1.29, 1.82) is 0 Å². The molecule has 1 N–H and O–H groups in total. The number of carbonyl (C=O) groups excluding carboxylic acids is 1. The molecule has 116 valence electrons. The summed E-state index contributed by atoms with van der Waals surface area (Å²) in [6.07, 6.45) is 2.91. The molecular formula is C13H24N2O4S. The molecule has 1 aliphatic heterocycles. The number of rotatable bonds is 3. The maximum absolute atomic E-state index is 12.9. The number of hydrogen-bond acceptors (Lipinski definition) is 5. The first-order valence-electron chi connectivity index (χ1n) is 7.27. The highest BCUT2D eigenvalue weighted by Gasteiger charge is 2.44. The fourth-order valence-electron chi connectivity index (χ4n) is 3.25. The first-order valence-corrected chi connectivity index (χ1v) is 8.78. The number of sulfonamides is 1. The van der Waals surface area contributed by atoms with E-state index < -0.39 is 21.2 Å². The van der Waals surface area contributed by atoms with Crippen LogP contribution in [0.2, 0.25) is 0 Å². The molecule has 7 heteroatoms. The first kappa shape index (κ1) is 15.7. The van der Waals surface area contributed by atoms with Crippen molar-refractivity contribution in [3.8, 4) is 0 Å². The van der Waals surface area contributed by atoms with Crippen LogP contribution in [0.15, 0.2) is 0 Å². The summed E-state index contributed by atoms with van der Waals surface area (Å²) in [4.78, 5) is 11.9. The molecule has 1 heterocycles. The molecule has 0 radical (unpaired) electrons. The first-order chi connectivity index (χ1) is 9.48. The zero-order valence-electron chi connectivity index (χ0n) is 12.2. The molecule has 20 heavy (non-hydrogen) atoms. The van der Waals surface area contributed by atoms with Gasteiger partial charge in [-0.2, -0.15) is 4.31 Å². The van der Waals surface area contributed by atoms with Crippen molar-refractivity contribution in [3.63, 3.8) is 0 Å². The predicted octanol–water partition coefficient (Wildman–Crippen LogP) is 0.342. The Morgan fingerprint density at radius 3 is 2.65 bits per heavy atom. The van der Waals surface area contributed by atoms with E-state index in [9.17, 15) is 13.2 Å². The molecule has 1 aliphatic carbocycles. The van der Waals surface area contributed by atoms with Gasteiger partial charge >= 0.3 is 5.97 Å². The lowest BCUT2D eigenvalue weighted by atomic mass is 9.89. The standard InChI is InChI=1S/C13H24N2O4S/c1-10-9-14-7-8-15(10)20(17,18)12-6-4-3-5-11(12)13(16)19-2/h10-12,14H,3-9H2,1-2H3. The van der Waals surface area contributed by atoms with Gasteiger partial charge in [-0.15, -0.1) is 0 Å². The molecule has 1 saturated carbocycles. The van der Waals surface area contributed by atoms with E-state index in [0.717, 1.165) is 12.8 Å². The molecule has 0 bridgehead atoms. The van der Waals surface area contributed by atoms with Crippen LogP contribution in [0.1, 0.15) is 32.6 Å². The van der Waals surface area contributed by atoms with E-state index >= 15 is 0 Å². The minimum absolute atomic E-state index is 0.0611. The highest BCUT2D eigenvalue weighted by atomic mass is 32.2. The van der Waals surface area contributed by atoms with Gasteiger partial charge in [0.05, 0.1) is 18.3 Å². The fraction of sp³-hybridized carbons (Fsp3) is 0.923. The van der Waals surface area contributed by atoms with Crippen LogP contribution in [0.3, 0.4) is 0 Å². The van der Waals surface area contributed by atoms with E-state index in [0.29, 0.717) is 32.5 Å². The Balaban J connectivity index is 2.23. The van der Waals surface area contributed by atoms with Crippen LogP contribution in [0.25, 0.3) is 0 Å². The summed E-state index contributed by atoms with van der Waals surface area (Å²) < 4.78 is 32.1. The van der Waals surface area contributed by atoms with Crippen molar-refractivity contribution in [2.24, 2.45) is 5.92 Å². The molecular weight excluding hydrogens is 280 g/mol. The van der Waals surface area contributed by atoms with Gasteiger partial charge in [-0.25, -0.2) is 8.42 Å². The molecule has 3 unspecified atom stereocenters. The number of hydrogen-bond donors (Lipinski definition) is 1. The number of nitrogens with one attached hydrogen (secondary N) is 1. The average Bonchev–Trinajstić information content (AvgIpc) is 2.46. The van der Waals surface area contributed by atoms with Gasteiger partial charge in [-0.1, -0.05) is 12.8 Å². The third-order valence-corrected chi connectivity index (χ3v) is 6.88. The number of carbonyl (C=O) groups is 1. The van der Waals surface area contributed by atoms with Crippen molar-refractivity contribution < 1.29 is 17.9 Å². The van der Waals surface area contributed by atoms with Gasteiger partial charge in [0.2, 0.25) is 10.0 Å². The Bertz CT molecular complexity index is 451. The monoisotopic (exact) mass is 304 g/mol. The summed E-state index contributed by atoms with van der Waals surface area (Å²) in [6.45, 7) is 3.71. The van der Waals surface area contributed by atoms with Gasteiger partial charge in [-0.3, -0.25) is 4.79 Å². The van der Waals surface area contributed by atoms with Gasteiger partial charge in [0.25, 0.3) is 0 Å². The highest BCUT2D eigenvalue weighted by molar-refractivity contribution is 7.89. The van der Waals surface area contributed by atoms with Crippen molar-refractivity contribution in [2.45, 2.75) is 43.9 Å². The fourth-order valence-corrected chi connectivity index (χ4v) is 5.65. The number of esters is 1. The topological polar surface area (TPSA) is 75.7 Å². The van der Waals surface area contributed by atoms with E-state index in [2.05, 4.69) is 5.32 Å². The van der Waals surface area contributed by atoms with Crippen LogP contribution in [-0.4, -0.2) is 56.7 Å². The largest absolute Gasteiger partial charge is 0.469 e. The van der Waals surface area contributed by atoms with Crippen molar-refractivity contribution in [3.05, 3.63) is 0 Å². The summed E-state index contributed by atoms with van der Waals surface area (Å²) in [5.74, 6) is -0.901.